The van der Waals surface area contributed by atoms with Gasteiger partial charge in [0, 0.05) is 44.7 Å². The summed E-state index contributed by atoms with van der Waals surface area (Å²) < 4.78 is 0. The van der Waals surface area contributed by atoms with Crippen molar-refractivity contribution in [3.8, 4) is 0 Å². The summed E-state index contributed by atoms with van der Waals surface area (Å²) in [5.41, 5.74) is 0. The van der Waals surface area contributed by atoms with Crippen LogP contribution >= 0.6 is 0 Å². The third-order valence-electron chi connectivity index (χ3n) is 5.91. The quantitative estimate of drug-likeness (QED) is 0.758. The Kier molecular flexibility index (Phi) is 4.82. The number of piperazine rings is 1. The fraction of sp³-hybridized carbons (Fsp3) is 0.938. The molecule has 0 spiro atoms. The Bertz CT molecular complexity index is 369. The number of nitrogens with zero attached hydrogens (tertiary/aromatic N) is 2. The van der Waals surface area contributed by atoms with E-state index < -0.39 is 0 Å². The lowest BCUT2D eigenvalue weighted by Crippen LogP contribution is -2.52. The minimum absolute atomic E-state index is 0.149. The predicted octanol–water partition coefficient (Wildman–Crippen LogP) is 0.147. The van der Waals surface area contributed by atoms with Crippen molar-refractivity contribution in [1.29, 1.82) is 0 Å². The van der Waals surface area contributed by atoms with E-state index >= 15 is 0 Å². The molecule has 0 aromatic heterocycles. The van der Waals surface area contributed by atoms with Gasteiger partial charge in [0.2, 0.25) is 5.91 Å². The van der Waals surface area contributed by atoms with Gasteiger partial charge in [-0.15, -0.1) is 0 Å². The first-order valence-corrected chi connectivity index (χ1v) is 8.56. The summed E-state index contributed by atoms with van der Waals surface area (Å²) in [7, 11) is 0. The van der Waals surface area contributed by atoms with Crippen LogP contribution in [0.5, 0.6) is 0 Å². The number of rotatable bonds is 5. The average molecular weight is 295 g/mol. The fourth-order valence-electron chi connectivity index (χ4n) is 4.60. The second kappa shape index (κ2) is 6.63. The molecule has 3 aliphatic rings. The molecule has 2 bridgehead atoms. The molecule has 2 aliphatic carbocycles. The van der Waals surface area contributed by atoms with Crippen molar-refractivity contribution >= 4 is 5.91 Å². The van der Waals surface area contributed by atoms with E-state index in [0.717, 1.165) is 32.7 Å². The topological polar surface area (TPSA) is 55.8 Å². The first kappa shape index (κ1) is 15.3. The van der Waals surface area contributed by atoms with Crippen molar-refractivity contribution in [3.05, 3.63) is 0 Å². The van der Waals surface area contributed by atoms with Gasteiger partial charge in [-0.25, -0.2) is 0 Å². The van der Waals surface area contributed by atoms with Gasteiger partial charge in [-0.1, -0.05) is 6.92 Å². The lowest BCUT2D eigenvalue weighted by atomic mass is 9.85. The number of aliphatic hydroxyl groups excluding tert-OH is 1. The minimum Gasteiger partial charge on any atom is -0.396 e. The van der Waals surface area contributed by atoms with E-state index in [9.17, 15) is 9.90 Å². The van der Waals surface area contributed by atoms with Crippen LogP contribution < -0.4 is 5.32 Å². The molecule has 5 heteroatoms. The van der Waals surface area contributed by atoms with Crippen LogP contribution in [0, 0.1) is 17.8 Å². The van der Waals surface area contributed by atoms with E-state index in [1.165, 1.54) is 19.3 Å². The first-order valence-electron chi connectivity index (χ1n) is 8.56. The van der Waals surface area contributed by atoms with Crippen LogP contribution in [0.1, 0.15) is 26.2 Å². The maximum atomic E-state index is 12.3. The molecule has 1 aliphatic heterocycles. The highest BCUT2D eigenvalue weighted by molar-refractivity contribution is 5.78. The van der Waals surface area contributed by atoms with Crippen molar-refractivity contribution in [2.75, 3.05) is 45.9 Å². The highest BCUT2D eigenvalue weighted by Gasteiger charge is 2.47. The number of hydrogen-bond acceptors (Lipinski definition) is 4. The van der Waals surface area contributed by atoms with E-state index in [1.54, 1.807) is 0 Å². The first-order chi connectivity index (χ1) is 10.2. The van der Waals surface area contributed by atoms with E-state index in [2.05, 4.69) is 22.0 Å². The normalized spacial score (nSPS) is 37.0. The average Bonchev–Trinajstić information content (AvgIpc) is 3.09. The summed E-state index contributed by atoms with van der Waals surface area (Å²) in [6.07, 6.45) is 3.66. The van der Waals surface area contributed by atoms with Gasteiger partial charge in [0.05, 0.1) is 6.54 Å². The zero-order chi connectivity index (χ0) is 14.8. The summed E-state index contributed by atoms with van der Waals surface area (Å²) in [6, 6.07) is 0.221. The van der Waals surface area contributed by atoms with Gasteiger partial charge in [0.1, 0.15) is 0 Å². The number of amides is 1. The van der Waals surface area contributed by atoms with Gasteiger partial charge < -0.3 is 15.3 Å². The molecule has 5 nitrogen and oxygen atoms in total. The third kappa shape index (κ3) is 3.25. The van der Waals surface area contributed by atoms with Crippen LogP contribution in [-0.2, 0) is 4.79 Å². The molecule has 2 N–H and O–H groups in total. The Hall–Kier alpha value is -0.650. The molecule has 0 aromatic carbocycles. The molecule has 4 atom stereocenters. The van der Waals surface area contributed by atoms with Gasteiger partial charge in [-0.3, -0.25) is 9.69 Å². The molecule has 3 rings (SSSR count). The summed E-state index contributed by atoms with van der Waals surface area (Å²) in [5, 5.41) is 12.8. The molecule has 2 saturated carbocycles. The largest absolute Gasteiger partial charge is 0.396 e. The van der Waals surface area contributed by atoms with Crippen molar-refractivity contribution < 1.29 is 9.90 Å². The summed E-state index contributed by atoms with van der Waals surface area (Å²) >= 11 is 0. The van der Waals surface area contributed by atoms with Crippen LogP contribution in [0.2, 0.25) is 0 Å². The lowest BCUT2D eigenvalue weighted by Gasteiger charge is -2.35. The predicted molar refractivity (Wildman–Crippen MR) is 81.9 cm³/mol. The zero-order valence-corrected chi connectivity index (χ0v) is 13.1. The van der Waals surface area contributed by atoms with Crippen molar-refractivity contribution in [2.45, 2.75) is 32.2 Å². The second-order valence-corrected chi connectivity index (χ2v) is 6.98. The van der Waals surface area contributed by atoms with Crippen LogP contribution in [0.15, 0.2) is 0 Å². The number of carbonyl (C=O) groups excluding carboxylic acids is 1. The van der Waals surface area contributed by atoms with Crippen LogP contribution in [0.25, 0.3) is 0 Å². The molecule has 1 amide bonds. The molecule has 120 valence electrons. The van der Waals surface area contributed by atoms with Crippen molar-refractivity contribution in [2.24, 2.45) is 17.8 Å². The number of nitrogens with one attached hydrogen (secondary N) is 1. The van der Waals surface area contributed by atoms with E-state index in [4.69, 9.17) is 0 Å². The van der Waals surface area contributed by atoms with Gasteiger partial charge in [0.25, 0.3) is 0 Å². The van der Waals surface area contributed by atoms with Crippen molar-refractivity contribution in [1.82, 2.24) is 15.1 Å². The Balaban J connectivity index is 1.46. The highest BCUT2D eigenvalue weighted by Crippen LogP contribution is 2.48. The summed E-state index contributed by atoms with van der Waals surface area (Å²) in [5.74, 6) is 1.69. The van der Waals surface area contributed by atoms with Gasteiger partial charge in [-0.2, -0.15) is 0 Å². The number of hydrogen-bond donors (Lipinski definition) is 2. The molecule has 4 unspecified atom stereocenters. The molecular formula is C16H29N3O2. The molecule has 0 aromatic rings. The Labute approximate surface area is 127 Å². The number of carbonyl (C=O) groups is 1. The molecule has 1 heterocycles. The van der Waals surface area contributed by atoms with E-state index in [-0.39, 0.29) is 18.6 Å². The van der Waals surface area contributed by atoms with Gasteiger partial charge >= 0.3 is 0 Å². The fourth-order valence-corrected chi connectivity index (χ4v) is 4.60. The van der Waals surface area contributed by atoms with Gasteiger partial charge in [-0.05, 0) is 37.6 Å². The summed E-state index contributed by atoms with van der Waals surface area (Å²) in [4.78, 5) is 17.0. The SMILES string of the molecule is CCN1CCN(CC(=O)NC2C3CCC(C3)C2CO)CC1. The van der Waals surface area contributed by atoms with E-state index in [1.807, 2.05) is 0 Å². The monoisotopic (exact) mass is 295 g/mol. The number of fused-ring (bicyclic) bond motifs is 2. The van der Waals surface area contributed by atoms with Crippen LogP contribution in [0.4, 0.5) is 0 Å². The Morgan fingerprint density at radius 3 is 2.48 bits per heavy atom. The Morgan fingerprint density at radius 1 is 1.14 bits per heavy atom. The number of likely N-dealkylation sites (N-methyl/N-ethyl adjacent to an activating group) is 1. The third-order valence-corrected chi connectivity index (χ3v) is 5.91. The van der Waals surface area contributed by atoms with Gasteiger partial charge in [0.15, 0.2) is 0 Å². The Morgan fingerprint density at radius 2 is 1.81 bits per heavy atom. The molecule has 3 fully saturated rings. The zero-order valence-electron chi connectivity index (χ0n) is 13.1. The highest BCUT2D eigenvalue weighted by atomic mass is 16.3. The molecule has 21 heavy (non-hydrogen) atoms. The number of aliphatic hydroxyl groups is 1. The molecular weight excluding hydrogens is 266 g/mol. The van der Waals surface area contributed by atoms with Crippen LogP contribution in [-0.4, -0.2) is 72.7 Å². The standard InChI is InChI=1S/C16H29N3O2/c1-2-18-5-7-19(8-6-18)10-15(21)17-16-13-4-3-12(9-13)14(16)11-20/h12-14,16,20H,2-11H2,1H3,(H,17,21). The maximum absolute atomic E-state index is 12.3. The molecule has 1 saturated heterocycles. The molecule has 0 radical (unpaired) electrons. The minimum atomic E-state index is 0.149. The lowest BCUT2D eigenvalue weighted by molar-refractivity contribution is -0.124. The second-order valence-electron chi connectivity index (χ2n) is 6.98. The van der Waals surface area contributed by atoms with E-state index in [0.29, 0.717) is 24.3 Å². The smallest absolute Gasteiger partial charge is 0.234 e. The maximum Gasteiger partial charge on any atom is 0.234 e. The summed E-state index contributed by atoms with van der Waals surface area (Å²) in [6.45, 7) is 8.14. The van der Waals surface area contributed by atoms with Crippen molar-refractivity contribution in [3.63, 3.8) is 0 Å². The van der Waals surface area contributed by atoms with Crippen LogP contribution in [0.3, 0.4) is 0 Å².